The highest BCUT2D eigenvalue weighted by Gasteiger charge is 2.44. The number of ether oxygens (including phenoxy) is 1. The van der Waals surface area contributed by atoms with Gasteiger partial charge in [-0.3, -0.25) is 14.4 Å². The smallest absolute Gasteiger partial charge is 0.162 e. The molecular weight excluding hydrogens is 661 g/mol. The Hall–Kier alpha value is -6.17. The molecule has 0 saturated heterocycles. The van der Waals surface area contributed by atoms with E-state index < -0.39 is 6.98 Å². The van der Waals surface area contributed by atoms with Crippen LogP contribution in [0.15, 0.2) is 146 Å². The van der Waals surface area contributed by atoms with Crippen LogP contribution >= 0.6 is 0 Å². The van der Waals surface area contributed by atoms with Crippen LogP contribution in [0.4, 0.5) is 17.1 Å². The van der Waals surface area contributed by atoms with Crippen LogP contribution in [0.5, 0.6) is 11.5 Å². The minimum atomic E-state index is -2.23. The van der Waals surface area contributed by atoms with Crippen LogP contribution in [0.1, 0.15) is 75.7 Å². The zero-order valence-electron chi connectivity index (χ0n) is 33.5. The second-order valence-corrected chi connectivity index (χ2v) is 15.9. The monoisotopic (exact) mass is 704 g/mol. The molecule has 4 aliphatic rings. The molecule has 0 spiro atoms. The van der Waals surface area contributed by atoms with E-state index in [1.807, 2.05) is 30.5 Å². The van der Waals surface area contributed by atoms with Gasteiger partial charge in [-0.2, -0.15) is 0 Å². The topological polar surface area (TPSA) is 34.7 Å². The fourth-order valence-electron chi connectivity index (χ4n) is 9.43. The van der Waals surface area contributed by atoms with Gasteiger partial charge in [-0.05, 0) is 86.8 Å². The zero-order valence-corrected chi connectivity index (χ0v) is 30.5. The van der Waals surface area contributed by atoms with Gasteiger partial charge in [-0.15, -0.1) is 0 Å². The van der Waals surface area contributed by atoms with Crippen LogP contribution in [0.3, 0.4) is 0 Å². The highest BCUT2D eigenvalue weighted by atomic mass is 16.5. The molecule has 1 aliphatic heterocycles. The lowest BCUT2D eigenvalue weighted by atomic mass is 9.60. The number of nitrogens with one attached hydrogen (secondary N) is 1. The first kappa shape index (κ1) is 28.3. The number of para-hydroxylation sites is 3. The molecule has 6 aromatic carbocycles. The molecular formula is C49H41N4O+. The molecule has 1 unspecified atom stereocenters. The van der Waals surface area contributed by atoms with Crippen molar-refractivity contribution in [2.24, 2.45) is 0 Å². The summed E-state index contributed by atoms with van der Waals surface area (Å²) >= 11 is 0. The second kappa shape index (κ2) is 11.4. The average Bonchev–Trinajstić information content (AvgIpc) is 3.77. The van der Waals surface area contributed by atoms with E-state index in [1.54, 1.807) is 0 Å². The van der Waals surface area contributed by atoms with Crippen molar-refractivity contribution in [2.75, 3.05) is 18.5 Å². The highest BCUT2D eigenvalue weighted by molar-refractivity contribution is 6.09. The van der Waals surface area contributed by atoms with Crippen molar-refractivity contribution in [1.82, 2.24) is 9.55 Å². The molecule has 0 saturated carbocycles. The SMILES string of the molecule is [2H]C([2H])([2H])[NH+]1CN(c2cc(Oc3ccc4c5ccccc5n(-c5cc(C(C)(C)C)ccn5)c4c3)cc3c2C2c4ccccc4C3c3ccccc32)c2ccccc21. The first-order chi connectivity index (χ1) is 27.5. The summed E-state index contributed by atoms with van der Waals surface area (Å²) in [7, 11) is 0. The minimum Gasteiger partial charge on any atom is -0.457 e. The predicted octanol–water partition coefficient (Wildman–Crippen LogP) is 10.5. The summed E-state index contributed by atoms with van der Waals surface area (Å²) in [6, 6.07) is 49.0. The Morgan fingerprint density at radius 3 is 2.09 bits per heavy atom. The molecule has 3 heterocycles. The van der Waals surface area contributed by atoms with Crippen molar-refractivity contribution in [3.05, 3.63) is 185 Å². The van der Waals surface area contributed by atoms with Gasteiger partial charge in [-0.1, -0.05) is 99.6 Å². The molecule has 262 valence electrons. The highest BCUT2D eigenvalue weighted by Crippen LogP contribution is 2.59. The summed E-state index contributed by atoms with van der Waals surface area (Å²) in [5.41, 5.74) is 13.6. The third-order valence-corrected chi connectivity index (χ3v) is 11.8. The first-order valence-corrected chi connectivity index (χ1v) is 18.8. The molecule has 2 aromatic heterocycles. The maximum Gasteiger partial charge on any atom is 0.162 e. The molecule has 0 radical (unpaired) electrons. The summed E-state index contributed by atoms with van der Waals surface area (Å²) in [5.74, 6) is 2.29. The molecule has 5 heteroatoms. The van der Waals surface area contributed by atoms with Crippen LogP contribution in [0, 0.1) is 0 Å². The molecule has 5 nitrogen and oxygen atoms in total. The molecule has 0 fully saturated rings. The van der Waals surface area contributed by atoms with E-state index in [1.165, 1.54) is 38.9 Å². The zero-order chi connectivity index (χ0) is 38.8. The van der Waals surface area contributed by atoms with Gasteiger partial charge in [0.2, 0.25) is 0 Å². The van der Waals surface area contributed by atoms with Crippen molar-refractivity contribution in [1.29, 1.82) is 0 Å². The van der Waals surface area contributed by atoms with Gasteiger partial charge >= 0.3 is 0 Å². The van der Waals surface area contributed by atoms with E-state index in [0.717, 1.165) is 44.7 Å². The molecule has 8 aromatic rings. The number of benzene rings is 6. The number of hydrogen-bond donors (Lipinski definition) is 1. The maximum atomic E-state index is 8.53. The summed E-state index contributed by atoms with van der Waals surface area (Å²) in [6.45, 7) is 4.72. The molecule has 2 bridgehead atoms. The number of anilines is 2. The number of rotatable bonds is 4. The van der Waals surface area contributed by atoms with Crippen LogP contribution in [0.25, 0.3) is 27.6 Å². The van der Waals surface area contributed by atoms with E-state index in [4.69, 9.17) is 13.8 Å². The van der Waals surface area contributed by atoms with Crippen molar-refractivity contribution in [3.8, 4) is 17.3 Å². The van der Waals surface area contributed by atoms with E-state index in [2.05, 4.69) is 145 Å². The lowest BCUT2D eigenvalue weighted by Crippen LogP contribution is -3.03. The standard InChI is InChI=1S/C49H40N4O/c1-49(2,3)30-23-24-50-45(25-30)53-40-18-10-9-13-33(40)34-22-21-31(27-43(34)53)54-32-26-39-46-35-14-5-7-16-37(35)47(38-17-8-6-15-36(38)46)48(39)44(28-32)52-29-51(4)41-19-11-12-20-42(41)52/h5-28,46-47H,29H2,1-4H3/p+1/i4D3. The molecule has 0 amide bonds. The van der Waals surface area contributed by atoms with Crippen molar-refractivity contribution in [2.45, 2.75) is 38.0 Å². The van der Waals surface area contributed by atoms with Gasteiger partial charge in [-0.25, -0.2) is 4.98 Å². The van der Waals surface area contributed by atoms with Gasteiger partial charge < -0.3 is 4.74 Å². The number of fused-ring (bicyclic) bond motifs is 4. The third-order valence-electron chi connectivity index (χ3n) is 11.8. The second-order valence-electron chi connectivity index (χ2n) is 15.9. The van der Waals surface area contributed by atoms with Gasteiger partial charge in [0.05, 0.1) is 27.8 Å². The molecule has 12 rings (SSSR count). The maximum absolute atomic E-state index is 8.53. The summed E-state index contributed by atoms with van der Waals surface area (Å²) in [5, 5.41) is 2.28. The molecule has 1 N–H and O–H groups in total. The molecule has 54 heavy (non-hydrogen) atoms. The lowest BCUT2D eigenvalue weighted by Gasteiger charge is -2.44. The third kappa shape index (κ3) is 4.51. The number of pyridine rings is 1. The average molecular weight is 705 g/mol. The van der Waals surface area contributed by atoms with E-state index >= 15 is 0 Å². The Balaban J connectivity index is 1.11. The van der Waals surface area contributed by atoms with E-state index in [0.29, 0.717) is 16.4 Å². The largest absolute Gasteiger partial charge is 0.457 e. The number of aromatic nitrogens is 2. The Morgan fingerprint density at radius 1 is 0.648 bits per heavy atom. The predicted molar refractivity (Wildman–Crippen MR) is 219 cm³/mol. The van der Waals surface area contributed by atoms with Crippen molar-refractivity contribution in [3.63, 3.8) is 0 Å². The first-order valence-electron chi connectivity index (χ1n) is 20.3. The number of nitrogens with zero attached hydrogens (tertiary/aromatic N) is 3. The Bertz CT molecular complexity index is 2890. The lowest BCUT2D eigenvalue weighted by molar-refractivity contribution is -0.802. The van der Waals surface area contributed by atoms with Gasteiger partial charge in [0.15, 0.2) is 12.4 Å². The molecule has 1 atom stereocenters. The van der Waals surface area contributed by atoms with Crippen molar-refractivity contribution < 1.29 is 13.7 Å². The summed E-state index contributed by atoms with van der Waals surface area (Å²) in [6.07, 6.45) is 1.90. The van der Waals surface area contributed by atoms with Crippen LogP contribution < -0.4 is 14.5 Å². The summed E-state index contributed by atoms with van der Waals surface area (Å²) in [4.78, 5) is 7.56. The fraction of sp³-hybridized carbons (Fsp3) is 0.163. The van der Waals surface area contributed by atoms with E-state index in [-0.39, 0.29) is 23.9 Å². The fourth-order valence-corrected chi connectivity index (χ4v) is 9.43. The number of quaternary nitrogens is 1. The van der Waals surface area contributed by atoms with Gasteiger partial charge in [0.25, 0.3) is 0 Å². The van der Waals surface area contributed by atoms with Gasteiger partial charge in [0.1, 0.15) is 23.0 Å². The Morgan fingerprint density at radius 2 is 1.33 bits per heavy atom. The van der Waals surface area contributed by atoms with Crippen LogP contribution in [-0.2, 0) is 5.41 Å². The minimum absolute atomic E-state index is 0.00570. The van der Waals surface area contributed by atoms with Crippen LogP contribution in [0.2, 0.25) is 0 Å². The van der Waals surface area contributed by atoms with E-state index in [9.17, 15) is 0 Å². The summed E-state index contributed by atoms with van der Waals surface area (Å²) < 4.78 is 34.8. The number of hydrogen-bond acceptors (Lipinski definition) is 3. The van der Waals surface area contributed by atoms with Gasteiger partial charge in [0, 0.05) is 47.0 Å². The normalized spacial score (nSPS) is 19.1. The van der Waals surface area contributed by atoms with Crippen LogP contribution in [-0.4, -0.2) is 23.2 Å². The Labute approximate surface area is 319 Å². The Kier molecular flexibility index (Phi) is 5.99. The molecule has 3 aliphatic carbocycles. The quantitative estimate of drug-likeness (QED) is 0.198. The van der Waals surface area contributed by atoms with Crippen molar-refractivity contribution >= 4 is 38.9 Å².